The molecule has 7 heteroatoms. The zero-order chi connectivity index (χ0) is 15.6. The fourth-order valence-electron chi connectivity index (χ4n) is 1.74. The molecule has 2 rings (SSSR count). The van der Waals surface area contributed by atoms with Crippen LogP contribution >= 0.6 is 34.8 Å². The second-order valence-corrected chi connectivity index (χ2v) is 5.45. The summed E-state index contributed by atoms with van der Waals surface area (Å²) in [7, 11) is 0. The third-order valence-corrected chi connectivity index (χ3v) is 3.48. The minimum absolute atomic E-state index is 0.0380. The first kappa shape index (κ1) is 15.9. The van der Waals surface area contributed by atoms with Gasteiger partial charge in [0.15, 0.2) is 5.75 Å². The second kappa shape index (κ2) is 6.52. The van der Waals surface area contributed by atoms with E-state index in [2.05, 4.69) is 0 Å². The van der Waals surface area contributed by atoms with E-state index in [1.807, 2.05) is 0 Å². The highest BCUT2D eigenvalue weighted by atomic mass is 35.5. The number of benzene rings is 2. The van der Waals surface area contributed by atoms with Crippen molar-refractivity contribution in [3.63, 3.8) is 0 Å². The lowest BCUT2D eigenvalue weighted by Gasteiger charge is -2.13. The van der Waals surface area contributed by atoms with Gasteiger partial charge in [-0.2, -0.15) is 0 Å². The van der Waals surface area contributed by atoms with Crippen molar-refractivity contribution in [2.24, 2.45) is 5.73 Å². The summed E-state index contributed by atoms with van der Waals surface area (Å²) in [5.74, 6) is -0.463. The van der Waals surface area contributed by atoms with E-state index in [1.165, 1.54) is 30.3 Å². The van der Waals surface area contributed by atoms with Gasteiger partial charge in [0.1, 0.15) is 18.3 Å². The third-order valence-electron chi connectivity index (χ3n) is 2.70. The lowest BCUT2D eigenvalue weighted by molar-refractivity contribution is 0.306. The molecule has 21 heavy (non-hydrogen) atoms. The van der Waals surface area contributed by atoms with Gasteiger partial charge in [0.2, 0.25) is 0 Å². The largest absolute Gasteiger partial charge is 0.486 e. The quantitative estimate of drug-likeness (QED) is 0.625. The summed E-state index contributed by atoms with van der Waals surface area (Å²) in [6.45, 7) is 0.0380. The van der Waals surface area contributed by atoms with Crippen molar-refractivity contribution in [2.75, 3.05) is 0 Å². The Morgan fingerprint density at radius 3 is 2.33 bits per heavy atom. The molecule has 0 fully saturated rings. The third kappa shape index (κ3) is 3.79. The molecule has 2 aromatic rings. The monoisotopic (exact) mass is 346 g/mol. The average Bonchev–Trinajstić information content (AvgIpc) is 2.38. The normalized spacial score (nSPS) is 10.5. The van der Waals surface area contributed by atoms with Crippen LogP contribution in [-0.2, 0) is 6.61 Å². The molecule has 0 aromatic heterocycles. The smallest absolute Gasteiger partial charge is 0.157 e. The minimum Gasteiger partial charge on any atom is -0.486 e. The van der Waals surface area contributed by atoms with Crippen molar-refractivity contribution in [2.45, 2.75) is 6.61 Å². The summed E-state index contributed by atoms with van der Waals surface area (Å²) in [6.07, 6.45) is 0. The predicted molar refractivity (Wildman–Crippen MR) is 83.2 cm³/mol. The van der Waals surface area contributed by atoms with Crippen LogP contribution in [-0.4, -0.2) is 5.84 Å². The number of rotatable bonds is 4. The molecule has 110 valence electrons. The van der Waals surface area contributed by atoms with E-state index >= 15 is 0 Å². The van der Waals surface area contributed by atoms with Gasteiger partial charge in [-0.25, -0.2) is 4.39 Å². The highest BCUT2D eigenvalue weighted by molar-refractivity contribution is 6.40. The van der Waals surface area contributed by atoms with Gasteiger partial charge in [-0.05, 0) is 24.3 Å². The van der Waals surface area contributed by atoms with Crippen LogP contribution in [0, 0.1) is 11.2 Å². The maximum absolute atomic E-state index is 13.2. The van der Waals surface area contributed by atoms with Crippen LogP contribution in [0.3, 0.4) is 0 Å². The molecular weight excluding hydrogens is 338 g/mol. The zero-order valence-electron chi connectivity index (χ0n) is 10.6. The molecule has 0 saturated carbocycles. The highest BCUT2D eigenvalue weighted by Gasteiger charge is 2.12. The van der Waals surface area contributed by atoms with Crippen molar-refractivity contribution < 1.29 is 9.13 Å². The Kier molecular flexibility index (Phi) is 4.93. The first-order chi connectivity index (χ1) is 9.88. The Morgan fingerprint density at radius 2 is 1.76 bits per heavy atom. The molecule has 0 aliphatic rings. The number of halogens is 4. The molecule has 0 saturated heterocycles. The number of amidine groups is 1. The standard InChI is InChI=1S/C14H10Cl3FN2O/c15-8-3-11(16)13(12(17)4-8)21-6-7-1-2-9(18)5-10(7)14(19)20/h1-5H,6H2,(H3,19,20). The highest BCUT2D eigenvalue weighted by Crippen LogP contribution is 2.36. The second-order valence-electron chi connectivity index (χ2n) is 4.20. The number of ether oxygens (including phenoxy) is 1. The van der Waals surface area contributed by atoms with Crippen LogP contribution in [0.1, 0.15) is 11.1 Å². The molecule has 0 bridgehead atoms. The molecule has 0 aliphatic carbocycles. The Hall–Kier alpha value is -1.49. The van der Waals surface area contributed by atoms with Crippen molar-refractivity contribution in [3.05, 3.63) is 62.3 Å². The SMILES string of the molecule is N=C(N)c1cc(F)ccc1COc1c(Cl)cc(Cl)cc1Cl. The minimum atomic E-state index is -0.480. The lowest BCUT2D eigenvalue weighted by atomic mass is 10.1. The van der Waals surface area contributed by atoms with E-state index in [4.69, 9.17) is 50.7 Å². The average molecular weight is 348 g/mol. The van der Waals surface area contributed by atoms with Crippen LogP contribution in [0.5, 0.6) is 5.75 Å². The fraction of sp³-hybridized carbons (Fsp3) is 0.0714. The summed E-state index contributed by atoms with van der Waals surface area (Å²) in [6, 6.07) is 6.92. The van der Waals surface area contributed by atoms with Crippen LogP contribution in [0.4, 0.5) is 4.39 Å². The van der Waals surface area contributed by atoms with Crippen LogP contribution in [0.25, 0.3) is 0 Å². The van der Waals surface area contributed by atoms with E-state index in [1.54, 1.807) is 0 Å². The Morgan fingerprint density at radius 1 is 1.14 bits per heavy atom. The van der Waals surface area contributed by atoms with Gasteiger partial charge < -0.3 is 10.5 Å². The molecule has 3 N–H and O–H groups in total. The van der Waals surface area contributed by atoms with Gasteiger partial charge >= 0.3 is 0 Å². The zero-order valence-corrected chi connectivity index (χ0v) is 12.9. The van der Waals surface area contributed by atoms with Crippen molar-refractivity contribution in [3.8, 4) is 5.75 Å². The number of nitrogen functional groups attached to an aromatic ring is 1. The maximum Gasteiger partial charge on any atom is 0.157 e. The van der Waals surface area contributed by atoms with Gasteiger partial charge in [-0.3, -0.25) is 5.41 Å². The summed E-state index contributed by atoms with van der Waals surface area (Å²) < 4.78 is 18.7. The van der Waals surface area contributed by atoms with Crippen molar-refractivity contribution in [1.82, 2.24) is 0 Å². The molecule has 0 atom stereocenters. The molecule has 0 unspecified atom stereocenters. The van der Waals surface area contributed by atoms with Crippen molar-refractivity contribution in [1.29, 1.82) is 5.41 Å². The summed E-state index contributed by atoms with van der Waals surface area (Å²) >= 11 is 17.8. The maximum atomic E-state index is 13.2. The van der Waals surface area contributed by atoms with E-state index in [9.17, 15) is 4.39 Å². The van der Waals surface area contributed by atoms with Gasteiger partial charge in [-0.1, -0.05) is 40.9 Å². The van der Waals surface area contributed by atoms with E-state index in [0.29, 0.717) is 10.6 Å². The molecule has 0 aliphatic heterocycles. The van der Waals surface area contributed by atoms with Gasteiger partial charge in [-0.15, -0.1) is 0 Å². The summed E-state index contributed by atoms with van der Waals surface area (Å²) in [5, 5.41) is 8.37. The van der Waals surface area contributed by atoms with Gasteiger partial charge in [0.05, 0.1) is 10.0 Å². The number of nitrogens with one attached hydrogen (secondary N) is 1. The molecule has 0 spiro atoms. The number of hydrogen-bond donors (Lipinski definition) is 2. The van der Waals surface area contributed by atoms with Crippen molar-refractivity contribution >= 4 is 40.6 Å². The van der Waals surface area contributed by atoms with Crippen LogP contribution in [0.2, 0.25) is 15.1 Å². The number of nitrogens with two attached hydrogens (primary N) is 1. The van der Waals surface area contributed by atoms with E-state index in [-0.39, 0.29) is 33.8 Å². The fourth-order valence-corrected chi connectivity index (χ4v) is 2.67. The Labute approximate surface area is 135 Å². The Bertz CT molecular complexity index is 684. The van der Waals surface area contributed by atoms with E-state index in [0.717, 1.165) is 0 Å². The molecule has 0 heterocycles. The summed E-state index contributed by atoms with van der Waals surface area (Å²) in [5.41, 5.74) is 6.23. The van der Waals surface area contributed by atoms with Gasteiger partial charge in [0.25, 0.3) is 0 Å². The van der Waals surface area contributed by atoms with Gasteiger partial charge in [0, 0.05) is 16.1 Å². The van der Waals surface area contributed by atoms with Crippen LogP contribution < -0.4 is 10.5 Å². The number of hydrogen-bond acceptors (Lipinski definition) is 2. The molecule has 2 aromatic carbocycles. The first-order valence-corrected chi connectivity index (χ1v) is 6.92. The predicted octanol–water partition coefficient (Wildman–Crippen LogP) is 4.65. The molecule has 0 amide bonds. The summed E-state index contributed by atoms with van der Waals surface area (Å²) in [4.78, 5) is 0. The topological polar surface area (TPSA) is 59.1 Å². The van der Waals surface area contributed by atoms with E-state index < -0.39 is 5.82 Å². The Balaban J connectivity index is 2.27. The van der Waals surface area contributed by atoms with Crippen LogP contribution in [0.15, 0.2) is 30.3 Å². The first-order valence-electron chi connectivity index (χ1n) is 5.78. The molecule has 3 nitrogen and oxygen atoms in total. The molecular formula is C14H10Cl3FN2O. The lowest BCUT2D eigenvalue weighted by Crippen LogP contribution is -2.15. The molecule has 0 radical (unpaired) electrons.